The first-order valence-electron chi connectivity index (χ1n) is 9.33. The van der Waals surface area contributed by atoms with Crippen molar-refractivity contribution in [1.29, 1.82) is 0 Å². The molecule has 1 amide bonds. The molecule has 0 aromatic rings. The van der Waals surface area contributed by atoms with Crippen molar-refractivity contribution in [2.24, 2.45) is 0 Å². The van der Waals surface area contributed by atoms with Crippen molar-refractivity contribution in [3.8, 4) is 0 Å². The Morgan fingerprint density at radius 1 is 0.857 bits per heavy atom. The topological polar surface area (TPSA) is 32.3 Å². The summed E-state index contributed by atoms with van der Waals surface area (Å²) in [6, 6.07) is 0. The van der Waals surface area contributed by atoms with E-state index < -0.39 is 0 Å². The van der Waals surface area contributed by atoms with E-state index in [-0.39, 0.29) is 0 Å². The molecule has 1 heterocycles. The minimum absolute atomic E-state index is 0.291. The number of carbonyl (C=O) groups excluding carboxylic acids is 1. The first kappa shape index (κ1) is 18.5. The predicted molar refractivity (Wildman–Crippen MR) is 90.5 cm³/mol. The quantitative estimate of drug-likeness (QED) is 0.519. The number of likely N-dealkylation sites (tertiary alicyclic amines) is 1. The second kappa shape index (κ2) is 13.1. The van der Waals surface area contributed by atoms with E-state index in [0.717, 1.165) is 19.6 Å². The fourth-order valence-electron chi connectivity index (χ4n) is 3.01. The van der Waals surface area contributed by atoms with Crippen LogP contribution in [0.15, 0.2) is 0 Å². The van der Waals surface area contributed by atoms with Crippen LogP contribution in [0.3, 0.4) is 0 Å². The molecule has 124 valence electrons. The summed E-state index contributed by atoms with van der Waals surface area (Å²) < 4.78 is 0. The maximum atomic E-state index is 11.8. The lowest BCUT2D eigenvalue weighted by Crippen LogP contribution is -2.36. The molecule has 3 heteroatoms. The number of nitrogens with one attached hydrogen (secondary N) is 1. The molecule has 3 nitrogen and oxygen atoms in total. The Morgan fingerprint density at radius 3 is 1.95 bits per heavy atom. The van der Waals surface area contributed by atoms with Crippen LogP contribution in [-0.2, 0) is 4.79 Å². The van der Waals surface area contributed by atoms with Crippen LogP contribution in [0, 0.1) is 0 Å². The molecule has 0 spiro atoms. The fraction of sp³-hybridized carbons (Fsp3) is 0.944. The van der Waals surface area contributed by atoms with E-state index in [9.17, 15) is 4.79 Å². The van der Waals surface area contributed by atoms with Gasteiger partial charge in [0.1, 0.15) is 0 Å². The minimum Gasteiger partial charge on any atom is -0.342 e. The number of hydrogen-bond donors (Lipinski definition) is 1. The van der Waals surface area contributed by atoms with Crippen LogP contribution in [0.2, 0.25) is 0 Å². The number of rotatable bonds is 13. The highest BCUT2D eigenvalue weighted by Gasteiger charge is 2.16. The standard InChI is InChI=1S/C18H36N2O/c1-2-3-4-5-6-7-8-9-10-11-14-19-17-18(21)20-15-12-13-16-20/h19H,2-17H2,1H3. The van der Waals surface area contributed by atoms with E-state index in [2.05, 4.69) is 12.2 Å². The van der Waals surface area contributed by atoms with Crippen LogP contribution in [0.1, 0.15) is 84.0 Å². The van der Waals surface area contributed by atoms with Gasteiger partial charge < -0.3 is 10.2 Å². The van der Waals surface area contributed by atoms with Crippen LogP contribution in [0.25, 0.3) is 0 Å². The molecule has 21 heavy (non-hydrogen) atoms. The second-order valence-corrected chi connectivity index (χ2v) is 6.45. The third-order valence-electron chi connectivity index (χ3n) is 4.44. The Balaban J connectivity index is 1.75. The first-order chi connectivity index (χ1) is 10.3. The maximum absolute atomic E-state index is 11.8. The normalized spacial score (nSPS) is 14.8. The zero-order chi connectivity index (χ0) is 15.2. The number of unbranched alkanes of at least 4 members (excludes halogenated alkanes) is 9. The molecule has 0 aliphatic carbocycles. The summed E-state index contributed by atoms with van der Waals surface area (Å²) >= 11 is 0. The van der Waals surface area contributed by atoms with Crippen molar-refractivity contribution in [2.45, 2.75) is 84.0 Å². The molecule has 0 aromatic carbocycles. The van der Waals surface area contributed by atoms with Gasteiger partial charge >= 0.3 is 0 Å². The van der Waals surface area contributed by atoms with E-state index in [1.54, 1.807) is 0 Å². The Labute approximate surface area is 131 Å². The van der Waals surface area contributed by atoms with Crippen LogP contribution in [0.5, 0.6) is 0 Å². The van der Waals surface area contributed by atoms with Crippen molar-refractivity contribution in [1.82, 2.24) is 10.2 Å². The molecule has 0 aromatic heterocycles. The average Bonchev–Trinajstić information content (AvgIpc) is 3.02. The van der Waals surface area contributed by atoms with Gasteiger partial charge in [0.2, 0.25) is 5.91 Å². The molecule has 1 saturated heterocycles. The summed E-state index contributed by atoms with van der Waals surface area (Å²) in [6.07, 6.45) is 16.0. The Hall–Kier alpha value is -0.570. The van der Waals surface area contributed by atoms with Gasteiger partial charge in [0, 0.05) is 13.1 Å². The summed E-state index contributed by atoms with van der Waals surface area (Å²) in [5.74, 6) is 0.291. The smallest absolute Gasteiger partial charge is 0.236 e. The molecule has 1 N–H and O–H groups in total. The molecular weight excluding hydrogens is 260 g/mol. The lowest BCUT2D eigenvalue weighted by molar-refractivity contribution is -0.129. The van der Waals surface area contributed by atoms with Gasteiger partial charge in [-0.15, -0.1) is 0 Å². The lowest BCUT2D eigenvalue weighted by atomic mass is 10.1. The number of carbonyl (C=O) groups is 1. The van der Waals surface area contributed by atoms with Gasteiger partial charge in [0.05, 0.1) is 6.54 Å². The van der Waals surface area contributed by atoms with Gasteiger partial charge in [-0.3, -0.25) is 4.79 Å². The Kier molecular flexibility index (Phi) is 11.5. The molecule has 1 aliphatic heterocycles. The van der Waals surface area contributed by atoms with Crippen molar-refractivity contribution < 1.29 is 4.79 Å². The van der Waals surface area contributed by atoms with Gasteiger partial charge in [0.25, 0.3) is 0 Å². The highest BCUT2D eigenvalue weighted by Crippen LogP contribution is 2.10. The zero-order valence-corrected chi connectivity index (χ0v) is 14.2. The van der Waals surface area contributed by atoms with Gasteiger partial charge in [-0.05, 0) is 25.8 Å². The van der Waals surface area contributed by atoms with Gasteiger partial charge in [-0.1, -0.05) is 64.7 Å². The van der Waals surface area contributed by atoms with Gasteiger partial charge in [-0.25, -0.2) is 0 Å². The Morgan fingerprint density at radius 2 is 1.38 bits per heavy atom. The molecule has 0 radical (unpaired) electrons. The third-order valence-corrected chi connectivity index (χ3v) is 4.44. The maximum Gasteiger partial charge on any atom is 0.236 e. The van der Waals surface area contributed by atoms with Crippen LogP contribution < -0.4 is 5.32 Å². The molecule has 0 unspecified atom stereocenters. The molecule has 1 rings (SSSR count). The predicted octanol–water partition coefficient (Wildman–Crippen LogP) is 4.12. The van der Waals surface area contributed by atoms with E-state index in [1.807, 2.05) is 4.90 Å². The fourth-order valence-corrected chi connectivity index (χ4v) is 3.01. The van der Waals surface area contributed by atoms with Crippen molar-refractivity contribution in [3.63, 3.8) is 0 Å². The van der Waals surface area contributed by atoms with Crippen molar-refractivity contribution in [3.05, 3.63) is 0 Å². The summed E-state index contributed by atoms with van der Waals surface area (Å²) in [5.41, 5.74) is 0. The number of nitrogens with zero attached hydrogens (tertiary/aromatic N) is 1. The molecule has 0 bridgehead atoms. The van der Waals surface area contributed by atoms with E-state index in [1.165, 1.54) is 77.0 Å². The molecule has 0 atom stereocenters. The van der Waals surface area contributed by atoms with Crippen LogP contribution >= 0.6 is 0 Å². The summed E-state index contributed by atoms with van der Waals surface area (Å²) in [5, 5.41) is 3.30. The average molecular weight is 296 g/mol. The third kappa shape index (κ3) is 9.89. The van der Waals surface area contributed by atoms with Crippen molar-refractivity contribution in [2.75, 3.05) is 26.2 Å². The molecule has 1 fully saturated rings. The molecule has 1 aliphatic rings. The summed E-state index contributed by atoms with van der Waals surface area (Å²) in [7, 11) is 0. The van der Waals surface area contributed by atoms with Crippen LogP contribution in [0.4, 0.5) is 0 Å². The van der Waals surface area contributed by atoms with E-state index >= 15 is 0 Å². The zero-order valence-electron chi connectivity index (χ0n) is 14.2. The monoisotopic (exact) mass is 296 g/mol. The first-order valence-corrected chi connectivity index (χ1v) is 9.33. The lowest BCUT2D eigenvalue weighted by Gasteiger charge is -2.15. The largest absolute Gasteiger partial charge is 0.342 e. The molecular formula is C18H36N2O. The van der Waals surface area contributed by atoms with Crippen LogP contribution in [-0.4, -0.2) is 37.0 Å². The van der Waals surface area contributed by atoms with Gasteiger partial charge in [0.15, 0.2) is 0 Å². The number of amides is 1. The summed E-state index contributed by atoms with van der Waals surface area (Å²) in [4.78, 5) is 13.8. The minimum atomic E-state index is 0.291. The molecule has 0 saturated carbocycles. The van der Waals surface area contributed by atoms with Crippen molar-refractivity contribution >= 4 is 5.91 Å². The Bertz CT molecular complexity index is 250. The SMILES string of the molecule is CCCCCCCCCCCCNCC(=O)N1CCCC1. The summed E-state index contributed by atoms with van der Waals surface area (Å²) in [6.45, 7) is 5.75. The van der Waals surface area contributed by atoms with Gasteiger partial charge in [-0.2, -0.15) is 0 Å². The van der Waals surface area contributed by atoms with E-state index in [4.69, 9.17) is 0 Å². The van der Waals surface area contributed by atoms with E-state index in [0.29, 0.717) is 12.5 Å². The number of hydrogen-bond acceptors (Lipinski definition) is 2. The highest BCUT2D eigenvalue weighted by molar-refractivity contribution is 5.78. The highest BCUT2D eigenvalue weighted by atomic mass is 16.2. The second-order valence-electron chi connectivity index (χ2n) is 6.45.